The highest BCUT2D eigenvalue weighted by Crippen LogP contribution is 2.29. The molecule has 0 N–H and O–H groups in total. The molecule has 2 aromatic rings. The SMILES string of the molecule is FC(F)(F)c1ccnc(N2CCC(COc3cnccn3)CC2)n1. The fourth-order valence-corrected chi connectivity index (χ4v) is 2.52. The molecule has 3 rings (SSSR count). The Morgan fingerprint density at radius 2 is 1.92 bits per heavy atom. The van der Waals surface area contributed by atoms with E-state index in [4.69, 9.17) is 4.74 Å². The van der Waals surface area contributed by atoms with Crippen molar-refractivity contribution in [1.82, 2.24) is 19.9 Å². The predicted molar refractivity (Wildman–Crippen MR) is 79.5 cm³/mol. The molecule has 0 unspecified atom stereocenters. The van der Waals surface area contributed by atoms with Crippen molar-refractivity contribution < 1.29 is 17.9 Å². The van der Waals surface area contributed by atoms with Crippen molar-refractivity contribution in [1.29, 1.82) is 0 Å². The molecule has 0 amide bonds. The van der Waals surface area contributed by atoms with Crippen molar-refractivity contribution in [2.75, 3.05) is 24.6 Å². The van der Waals surface area contributed by atoms with Crippen molar-refractivity contribution in [3.05, 3.63) is 36.5 Å². The molecule has 1 aliphatic rings. The lowest BCUT2D eigenvalue weighted by atomic mass is 9.98. The number of anilines is 1. The maximum atomic E-state index is 12.7. The quantitative estimate of drug-likeness (QED) is 0.853. The second-order valence-corrected chi connectivity index (χ2v) is 5.52. The van der Waals surface area contributed by atoms with E-state index < -0.39 is 11.9 Å². The van der Waals surface area contributed by atoms with E-state index in [1.165, 1.54) is 0 Å². The van der Waals surface area contributed by atoms with E-state index in [1.807, 2.05) is 0 Å². The summed E-state index contributed by atoms with van der Waals surface area (Å²) in [6, 6.07) is 0.880. The van der Waals surface area contributed by atoms with Gasteiger partial charge in [-0.25, -0.2) is 15.0 Å². The molecule has 6 nitrogen and oxygen atoms in total. The van der Waals surface area contributed by atoms with E-state index in [0.717, 1.165) is 25.1 Å². The molecule has 128 valence electrons. The van der Waals surface area contributed by atoms with Gasteiger partial charge >= 0.3 is 6.18 Å². The second kappa shape index (κ2) is 6.98. The van der Waals surface area contributed by atoms with Gasteiger partial charge in [0.2, 0.25) is 11.8 Å². The molecule has 0 aromatic carbocycles. The Balaban J connectivity index is 1.53. The maximum absolute atomic E-state index is 12.7. The number of alkyl halides is 3. The molecule has 1 fully saturated rings. The number of halogens is 3. The zero-order chi connectivity index (χ0) is 17.0. The highest BCUT2D eigenvalue weighted by molar-refractivity contribution is 5.31. The number of hydrogen-bond donors (Lipinski definition) is 0. The number of rotatable bonds is 4. The average molecular weight is 339 g/mol. The normalized spacial score (nSPS) is 16.2. The van der Waals surface area contributed by atoms with Crippen LogP contribution in [0.3, 0.4) is 0 Å². The molecule has 1 aliphatic heterocycles. The van der Waals surface area contributed by atoms with Gasteiger partial charge in [0.1, 0.15) is 5.69 Å². The van der Waals surface area contributed by atoms with E-state index in [0.29, 0.717) is 31.5 Å². The van der Waals surface area contributed by atoms with Crippen LogP contribution in [0.5, 0.6) is 5.88 Å². The van der Waals surface area contributed by atoms with E-state index >= 15 is 0 Å². The highest BCUT2D eigenvalue weighted by atomic mass is 19.4. The average Bonchev–Trinajstić information content (AvgIpc) is 2.61. The van der Waals surface area contributed by atoms with Gasteiger partial charge in [0.05, 0.1) is 12.8 Å². The molecule has 1 saturated heterocycles. The van der Waals surface area contributed by atoms with Gasteiger partial charge in [-0.15, -0.1) is 0 Å². The molecular formula is C15H16F3N5O. The first kappa shape index (κ1) is 16.4. The van der Waals surface area contributed by atoms with E-state index in [-0.39, 0.29) is 5.95 Å². The summed E-state index contributed by atoms with van der Waals surface area (Å²) >= 11 is 0. The molecule has 0 radical (unpaired) electrons. The first-order valence-corrected chi connectivity index (χ1v) is 7.56. The topological polar surface area (TPSA) is 64.0 Å². The minimum Gasteiger partial charge on any atom is -0.476 e. The first-order chi connectivity index (χ1) is 11.5. The third-order valence-corrected chi connectivity index (χ3v) is 3.84. The number of ether oxygens (including phenoxy) is 1. The van der Waals surface area contributed by atoms with Crippen molar-refractivity contribution in [3.63, 3.8) is 0 Å². The number of hydrogen-bond acceptors (Lipinski definition) is 6. The van der Waals surface area contributed by atoms with Crippen LogP contribution in [0.2, 0.25) is 0 Å². The zero-order valence-electron chi connectivity index (χ0n) is 12.8. The molecule has 0 saturated carbocycles. The molecule has 24 heavy (non-hydrogen) atoms. The smallest absolute Gasteiger partial charge is 0.433 e. The summed E-state index contributed by atoms with van der Waals surface area (Å²) in [6.07, 6.45) is 2.95. The Bertz CT molecular complexity index is 660. The number of piperidine rings is 1. The van der Waals surface area contributed by atoms with Crippen LogP contribution >= 0.6 is 0 Å². The van der Waals surface area contributed by atoms with Gasteiger partial charge in [-0.1, -0.05) is 0 Å². The Morgan fingerprint density at radius 1 is 1.12 bits per heavy atom. The molecular weight excluding hydrogens is 323 g/mol. The van der Waals surface area contributed by atoms with Crippen LogP contribution in [-0.2, 0) is 6.18 Å². The van der Waals surface area contributed by atoms with E-state index in [9.17, 15) is 13.2 Å². The van der Waals surface area contributed by atoms with Gasteiger partial charge < -0.3 is 9.64 Å². The molecule has 3 heterocycles. The summed E-state index contributed by atoms with van der Waals surface area (Å²) in [5.74, 6) is 0.910. The third-order valence-electron chi connectivity index (χ3n) is 3.84. The van der Waals surface area contributed by atoms with Crippen molar-refractivity contribution in [2.24, 2.45) is 5.92 Å². The van der Waals surface area contributed by atoms with E-state index in [1.54, 1.807) is 23.5 Å². The molecule has 0 spiro atoms. The summed E-state index contributed by atoms with van der Waals surface area (Å²) in [7, 11) is 0. The summed E-state index contributed by atoms with van der Waals surface area (Å²) in [6.45, 7) is 1.70. The standard InChI is InChI=1S/C15H16F3N5O/c16-15(17,18)12-1-4-21-14(22-12)23-7-2-11(3-8-23)10-24-13-9-19-5-6-20-13/h1,4-6,9,11H,2-3,7-8,10H2. The Kier molecular flexibility index (Phi) is 4.77. The maximum Gasteiger partial charge on any atom is 0.433 e. The lowest BCUT2D eigenvalue weighted by Gasteiger charge is -2.31. The van der Waals surface area contributed by atoms with Gasteiger partial charge in [0, 0.05) is 31.7 Å². The number of nitrogens with zero attached hydrogens (tertiary/aromatic N) is 5. The second-order valence-electron chi connectivity index (χ2n) is 5.52. The van der Waals surface area contributed by atoms with Crippen molar-refractivity contribution >= 4 is 5.95 Å². The highest BCUT2D eigenvalue weighted by Gasteiger charge is 2.33. The minimum absolute atomic E-state index is 0.123. The summed E-state index contributed by atoms with van der Waals surface area (Å²) < 4.78 is 43.7. The Labute approximate surface area is 136 Å². The van der Waals surface area contributed by atoms with Gasteiger partial charge in [0.15, 0.2) is 0 Å². The minimum atomic E-state index is -4.46. The summed E-state index contributed by atoms with van der Waals surface area (Å²) in [5, 5.41) is 0. The molecule has 0 bridgehead atoms. The van der Waals surface area contributed by atoms with Crippen LogP contribution in [-0.4, -0.2) is 39.6 Å². The zero-order valence-corrected chi connectivity index (χ0v) is 12.8. The van der Waals surface area contributed by atoms with Crippen LogP contribution in [0.1, 0.15) is 18.5 Å². The largest absolute Gasteiger partial charge is 0.476 e. The van der Waals surface area contributed by atoms with Crippen LogP contribution in [0.25, 0.3) is 0 Å². The first-order valence-electron chi connectivity index (χ1n) is 7.56. The Morgan fingerprint density at radius 3 is 2.58 bits per heavy atom. The van der Waals surface area contributed by atoms with Gasteiger partial charge in [0.25, 0.3) is 0 Å². The summed E-state index contributed by atoms with van der Waals surface area (Å²) in [4.78, 5) is 17.3. The van der Waals surface area contributed by atoms with Gasteiger partial charge in [-0.2, -0.15) is 13.2 Å². The Hall–Kier alpha value is -2.45. The molecule has 9 heteroatoms. The van der Waals surface area contributed by atoms with Crippen LogP contribution in [0.15, 0.2) is 30.9 Å². The van der Waals surface area contributed by atoms with Crippen molar-refractivity contribution in [2.45, 2.75) is 19.0 Å². The van der Waals surface area contributed by atoms with Gasteiger partial charge in [-0.3, -0.25) is 4.98 Å². The molecule has 0 aliphatic carbocycles. The van der Waals surface area contributed by atoms with Crippen LogP contribution in [0.4, 0.5) is 19.1 Å². The van der Waals surface area contributed by atoms with E-state index in [2.05, 4.69) is 19.9 Å². The monoisotopic (exact) mass is 339 g/mol. The summed E-state index contributed by atoms with van der Waals surface area (Å²) in [5.41, 5.74) is -0.916. The predicted octanol–water partition coefficient (Wildman–Crippen LogP) is 2.58. The molecule has 0 atom stereocenters. The van der Waals surface area contributed by atoms with Gasteiger partial charge in [-0.05, 0) is 24.8 Å². The lowest BCUT2D eigenvalue weighted by Crippen LogP contribution is -2.36. The van der Waals surface area contributed by atoms with Crippen LogP contribution < -0.4 is 9.64 Å². The molecule has 2 aromatic heterocycles. The van der Waals surface area contributed by atoms with Crippen LogP contribution in [0, 0.1) is 5.92 Å². The van der Waals surface area contributed by atoms with Crippen molar-refractivity contribution in [3.8, 4) is 5.88 Å². The number of aromatic nitrogens is 4. The lowest BCUT2D eigenvalue weighted by molar-refractivity contribution is -0.141. The fraction of sp³-hybridized carbons (Fsp3) is 0.467. The fourth-order valence-electron chi connectivity index (χ4n) is 2.52. The third kappa shape index (κ3) is 4.09.